The topological polar surface area (TPSA) is 71.1 Å². The lowest BCUT2D eigenvalue weighted by atomic mass is 9.52. The second-order valence-electron chi connectivity index (χ2n) is 12.8. The average molecular weight is 576 g/mol. The molecular formula is C36H37N3O2S. The van der Waals surface area contributed by atoms with Crippen LogP contribution in [0.1, 0.15) is 90.9 Å². The van der Waals surface area contributed by atoms with E-state index in [2.05, 4.69) is 79.9 Å². The molecule has 4 unspecified atom stereocenters. The Bertz CT molecular complexity index is 1610. The van der Waals surface area contributed by atoms with Gasteiger partial charge in [-0.15, -0.1) is 11.3 Å². The van der Waals surface area contributed by atoms with Crippen LogP contribution in [0.25, 0.3) is 11.3 Å². The summed E-state index contributed by atoms with van der Waals surface area (Å²) in [6, 6.07) is 25.1. The van der Waals surface area contributed by atoms with Crippen molar-refractivity contribution in [3.05, 3.63) is 106 Å². The van der Waals surface area contributed by atoms with E-state index in [0.29, 0.717) is 22.5 Å². The summed E-state index contributed by atoms with van der Waals surface area (Å²) in [7, 11) is 0. The SMILES string of the molecule is CC1CCCC(NC(=O)c2ccc(-c3csc(NC(=O)C4(C)CC5c6ccccc6C4c4ccccc45)n3)cc2)C1C. The number of amides is 2. The first-order valence-corrected chi connectivity index (χ1v) is 16.1. The summed E-state index contributed by atoms with van der Waals surface area (Å²) < 4.78 is 0. The lowest BCUT2D eigenvalue weighted by Crippen LogP contribution is -2.47. The molecule has 0 saturated heterocycles. The zero-order valence-electron chi connectivity index (χ0n) is 24.4. The fourth-order valence-corrected chi connectivity index (χ4v) is 8.44. The monoisotopic (exact) mass is 575 g/mol. The van der Waals surface area contributed by atoms with Crippen LogP contribution in [0.4, 0.5) is 5.13 Å². The summed E-state index contributed by atoms with van der Waals surface area (Å²) in [6.45, 7) is 6.63. The van der Waals surface area contributed by atoms with E-state index in [1.54, 1.807) is 0 Å². The predicted octanol–water partition coefficient (Wildman–Crippen LogP) is 7.99. The van der Waals surface area contributed by atoms with Crippen molar-refractivity contribution >= 4 is 28.3 Å². The number of aromatic nitrogens is 1. The number of carbonyl (C=O) groups is 2. The normalized spacial score (nSPS) is 27.5. The van der Waals surface area contributed by atoms with Crippen molar-refractivity contribution in [2.75, 3.05) is 5.32 Å². The first-order chi connectivity index (χ1) is 20.3. The van der Waals surface area contributed by atoms with Gasteiger partial charge in [0.15, 0.2) is 5.13 Å². The summed E-state index contributed by atoms with van der Waals surface area (Å²) >= 11 is 1.44. The standard InChI is InChI=1S/C36H37N3O2S/c1-21-9-8-14-30(22(21)2)37-33(40)24-17-15-23(16-18-24)31-20-42-35(38-31)39-34(41)36(3)19-29-25-10-4-6-12-27(25)32(36)28-13-7-5-11-26(28)29/h4-7,10-13,15-18,20-22,29-30,32H,8-9,14,19H2,1-3H3,(H,37,40)(H,38,39,41). The van der Waals surface area contributed by atoms with Crippen LogP contribution in [-0.4, -0.2) is 22.8 Å². The zero-order chi connectivity index (χ0) is 29.0. The van der Waals surface area contributed by atoms with Crippen LogP contribution in [0.3, 0.4) is 0 Å². The molecule has 2 bridgehead atoms. The molecule has 5 nitrogen and oxygen atoms in total. The van der Waals surface area contributed by atoms with Crippen LogP contribution in [-0.2, 0) is 4.79 Å². The molecule has 6 heteroatoms. The number of nitrogens with one attached hydrogen (secondary N) is 2. The number of hydrogen-bond donors (Lipinski definition) is 2. The Morgan fingerprint density at radius 3 is 2.19 bits per heavy atom. The Morgan fingerprint density at radius 2 is 1.52 bits per heavy atom. The number of fused-ring (bicyclic) bond motifs is 1. The summed E-state index contributed by atoms with van der Waals surface area (Å²) in [5.74, 6) is 1.34. The molecule has 0 aliphatic heterocycles. The van der Waals surface area contributed by atoms with Crippen molar-refractivity contribution in [2.24, 2.45) is 17.3 Å². The Hall–Kier alpha value is -3.77. The summed E-state index contributed by atoms with van der Waals surface area (Å²) in [4.78, 5) is 31.7. The minimum absolute atomic E-state index is 0.00725. The van der Waals surface area contributed by atoms with Crippen molar-refractivity contribution in [1.29, 1.82) is 0 Å². The van der Waals surface area contributed by atoms with Crippen molar-refractivity contribution in [1.82, 2.24) is 10.3 Å². The van der Waals surface area contributed by atoms with E-state index in [0.717, 1.165) is 24.1 Å². The zero-order valence-corrected chi connectivity index (χ0v) is 25.2. The van der Waals surface area contributed by atoms with E-state index < -0.39 is 5.41 Å². The summed E-state index contributed by atoms with van der Waals surface area (Å²) in [5.41, 5.74) is 7.03. The second-order valence-corrected chi connectivity index (χ2v) is 13.6. The number of hydrogen-bond acceptors (Lipinski definition) is 4. The lowest BCUT2D eigenvalue weighted by Gasteiger charge is -2.50. The highest BCUT2D eigenvalue weighted by Gasteiger charge is 2.54. The molecule has 4 aromatic rings. The first-order valence-electron chi connectivity index (χ1n) is 15.2. The molecule has 4 aliphatic carbocycles. The van der Waals surface area contributed by atoms with Gasteiger partial charge < -0.3 is 10.6 Å². The lowest BCUT2D eigenvalue weighted by molar-refractivity contribution is -0.126. The van der Waals surface area contributed by atoms with Gasteiger partial charge in [0.05, 0.1) is 11.1 Å². The molecule has 8 rings (SSSR count). The van der Waals surface area contributed by atoms with E-state index in [4.69, 9.17) is 4.98 Å². The van der Waals surface area contributed by atoms with Crippen LogP contribution in [0.15, 0.2) is 78.2 Å². The highest BCUT2D eigenvalue weighted by molar-refractivity contribution is 7.14. The van der Waals surface area contributed by atoms with Gasteiger partial charge in [-0.25, -0.2) is 4.98 Å². The molecule has 2 N–H and O–H groups in total. The van der Waals surface area contributed by atoms with Gasteiger partial charge in [0.1, 0.15) is 0 Å². The van der Waals surface area contributed by atoms with E-state index in [1.165, 1.54) is 46.4 Å². The van der Waals surface area contributed by atoms with Crippen LogP contribution in [0.2, 0.25) is 0 Å². The summed E-state index contributed by atoms with van der Waals surface area (Å²) in [6.07, 6.45) is 4.22. The third-order valence-corrected chi connectivity index (χ3v) is 11.1. The van der Waals surface area contributed by atoms with Gasteiger partial charge in [0.2, 0.25) is 5.91 Å². The van der Waals surface area contributed by atoms with Gasteiger partial charge >= 0.3 is 0 Å². The van der Waals surface area contributed by atoms with Crippen molar-refractivity contribution in [3.8, 4) is 11.3 Å². The number of benzene rings is 3. The molecule has 3 aromatic carbocycles. The largest absolute Gasteiger partial charge is 0.349 e. The highest BCUT2D eigenvalue weighted by Crippen LogP contribution is 2.61. The number of rotatable bonds is 5. The van der Waals surface area contributed by atoms with Crippen molar-refractivity contribution < 1.29 is 9.59 Å². The minimum atomic E-state index is -0.582. The Kier molecular flexibility index (Phi) is 6.77. The average Bonchev–Trinajstić information content (AvgIpc) is 3.48. The molecule has 0 spiro atoms. The Labute approximate surface area is 251 Å². The van der Waals surface area contributed by atoms with Crippen LogP contribution < -0.4 is 10.6 Å². The Morgan fingerprint density at radius 1 is 0.881 bits per heavy atom. The van der Waals surface area contributed by atoms with Crippen molar-refractivity contribution in [3.63, 3.8) is 0 Å². The molecule has 42 heavy (non-hydrogen) atoms. The minimum Gasteiger partial charge on any atom is -0.349 e. The number of thiazole rings is 1. The molecule has 4 aliphatic rings. The van der Waals surface area contributed by atoms with Gasteiger partial charge in [-0.3, -0.25) is 9.59 Å². The maximum Gasteiger partial charge on any atom is 0.251 e. The van der Waals surface area contributed by atoms with Gasteiger partial charge in [-0.05, 0) is 66.0 Å². The van der Waals surface area contributed by atoms with Crippen LogP contribution >= 0.6 is 11.3 Å². The van der Waals surface area contributed by atoms with E-state index >= 15 is 0 Å². The van der Waals surface area contributed by atoms with E-state index in [1.807, 2.05) is 29.6 Å². The van der Waals surface area contributed by atoms with Gasteiger partial charge in [0, 0.05) is 34.4 Å². The van der Waals surface area contributed by atoms with Gasteiger partial charge in [0.25, 0.3) is 5.91 Å². The second kappa shape index (κ2) is 10.5. The first kappa shape index (κ1) is 27.1. The predicted molar refractivity (Wildman–Crippen MR) is 169 cm³/mol. The third kappa shape index (κ3) is 4.48. The fraction of sp³-hybridized carbons (Fsp3) is 0.361. The molecule has 1 saturated carbocycles. The number of nitrogens with zero attached hydrogens (tertiary/aromatic N) is 1. The van der Waals surface area contributed by atoms with Gasteiger partial charge in [-0.2, -0.15) is 0 Å². The van der Waals surface area contributed by atoms with E-state index in [-0.39, 0.29) is 29.7 Å². The number of anilines is 1. The highest BCUT2D eigenvalue weighted by atomic mass is 32.1. The van der Waals surface area contributed by atoms with Crippen LogP contribution in [0.5, 0.6) is 0 Å². The molecule has 0 radical (unpaired) electrons. The van der Waals surface area contributed by atoms with Gasteiger partial charge in [-0.1, -0.05) is 87.4 Å². The third-order valence-electron chi connectivity index (χ3n) is 10.3. The quantitative estimate of drug-likeness (QED) is 0.253. The maximum absolute atomic E-state index is 14.0. The molecular weight excluding hydrogens is 538 g/mol. The van der Waals surface area contributed by atoms with E-state index in [9.17, 15) is 9.59 Å². The van der Waals surface area contributed by atoms with Crippen LogP contribution in [0, 0.1) is 17.3 Å². The molecule has 4 atom stereocenters. The molecule has 1 heterocycles. The Balaban J connectivity index is 1.07. The molecule has 2 amide bonds. The maximum atomic E-state index is 14.0. The smallest absolute Gasteiger partial charge is 0.251 e. The number of carbonyl (C=O) groups excluding carboxylic acids is 2. The van der Waals surface area contributed by atoms with Crippen molar-refractivity contribution in [2.45, 2.75) is 64.3 Å². The molecule has 1 aromatic heterocycles. The molecule has 1 fully saturated rings. The fourth-order valence-electron chi connectivity index (χ4n) is 7.72. The molecule has 214 valence electrons. The summed E-state index contributed by atoms with van der Waals surface area (Å²) in [5, 5.41) is 9.00.